The molecule has 0 saturated carbocycles. The van der Waals surface area contributed by atoms with E-state index in [9.17, 15) is 9.59 Å². The molecule has 4 nitrogen and oxygen atoms in total. The van der Waals surface area contributed by atoms with Crippen LogP contribution in [0.4, 0.5) is 0 Å². The first kappa shape index (κ1) is 11.2. The molecule has 14 heavy (non-hydrogen) atoms. The van der Waals surface area contributed by atoms with Crippen molar-refractivity contribution in [3.05, 3.63) is 0 Å². The molecule has 0 spiro atoms. The van der Waals surface area contributed by atoms with E-state index in [1.165, 1.54) is 0 Å². The van der Waals surface area contributed by atoms with Gasteiger partial charge in [0.05, 0.1) is 13.1 Å². The molecule has 2 unspecified atom stereocenters. The number of nitrogens with zero attached hydrogens (tertiary/aromatic N) is 2. The molecule has 2 atom stereocenters. The molecule has 0 bridgehead atoms. The maximum atomic E-state index is 9.90. The quantitative estimate of drug-likeness (QED) is 0.519. The summed E-state index contributed by atoms with van der Waals surface area (Å²) in [6.45, 7) is 1.15. The first-order chi connectivity index (χ1) is 6.86. The Labute approximate surface area is 86.9 Å². The molecule has 1 fully saturated rings. The molecule has 0 radical (unpaired) electrons. The van der Waals surface area contributed by atoms with Gasteiger partial charge >= 0.3 is 0 Å². The monoisotopic (exact) mass is 212 g/mol. The fourth-order valence-electron chi connectivity index (χ4n) is 1.45. The first-order valence-electron chi connectivity index (χ1n) is 4.55. The van der Waals surface area contributed by atoms with Crippen LogP contribution in [0.5, 0.6) is 0 Å². The zero-order chi connectivity index (χ0) is 10.2. The van der Waals surface area contributed by atoms with Gasteiger partial charge in [-0.15, -0.1) is 0 Å². The Morgan fingerprint density at radius 1 is 1.14 bits per heavy atom. The maximum Gasteiger partial charge on any atom is 0.234 e. The Balaban J connectivity index is 2.23. The zero-order valence-electron chi connectivity index (χ0n) is 7.81. The summed E-state index contributed by atoms with van der Waals surface area (Å²) in [4.78, 5) is 26.9. The van der Waals surface area contributed by atoms with Crippen molar-refractivity contribution in [3.63, 3.8) is 0 Å². The standard InChI is InChI=1S/C9H12N2O2S/c12-6-10-3-8-1-2-9(14-5-8)4-11-7-13/h8-9H,1-5H2. The van der Waals surface area contributed by atoms with Gasteiger partial charge in [0.1, 0.15) is 0 Å². The molecule has 0 aromatic rings. The highest BCUT2D eigenvalue weighted by Gasteiger charge is 2.20. The fraction of sp³-hybridized carbons (Fsp3) is 0.778. The zero-order valence-corrected chi connectivity index (χ0v) is 8.63. The van der Waals surface area contributed by atoms with Crippen LogP contribution in [-0.4, -0.2) is 36.3 Å². The third kappa shape index (κ3) is 3.88. The van der Waals surface area contributed by atoms with Crippen molar-refractivity contribution < 1.29 is 9.59 Å². The molecule has 76 valence electrons. The summed E-state index contributed by atoms with van der Waals surface area (Å²) < 4.78 is 0. The molecule has 5 heteroatoms. The number of isocyanates is 2. The van der Waals surface area contributed by atoms with Crippen LogP contribution in [0, 0.1) is 5.92 Å². The molecule has 0 amide bonds. The number of hydrogen-bond donors (Lipinski definition) is 0. The van der Waals surface area contributed by atoms with Crippen molar-refractivity contribution in [2.24, 2.45) is 15.9 Å². The molecule has 1 aliphatic heterocycles. The highest BCUT2D eigenvalue weighted by Crippen LogP contribution is 2.29. The molecular weight excluding hydrogens is 200 g/mol. The van der Waals surface area contributed by atoms with Crippen LogP contribution in [-0.2, 0) is 9.59 Å². The average Bonchev–Trinajstić information content (AvgIpc) is 2.25. The van der Waals surface area contributed by atoms with Gasteiger partial charge in [0.15, 0.2) is 0 Å². The molecule has 1 heterocycles. The van der Waals surface area contributed by atoms with E-state index in [1.807, 2.05) is 0 Å². The Bertz CT molecular complexity index is 234. The van der Waals surface area contributed by atoms with Gasteiger partial charge in [0, 0.05) is 5.25 Å². The predicted octanol–water partition coefficient (Wildman–Crippen LogP) is 1.17. The van der Waals surface area contributed by atoms with Gasteiger partial charge in [0.25, 0.3) is 0 Å². The number of aliphatic imine (C=N–C) groups is 2. The SMILES string of the molecule is O=C=NCC1CCC(CN=C=O)SC1. The summed E-state index contributed by atoms with van der Waals surface area (Å²) in [5.41, 5.74) is 0. The Hall–Kier alpha value is -0.890. The number of rotatable bonds is 4. The van der Waals surface area contributed by atoms with Gasteiger partial charge in [-0.1, -0.05) is 0 Å². The van der Waals surface area contributed by atoms with E-state index in [2.05, 4.69) is 9.98 Å². The third-order valence-electron chi connectivity index (χ3n) is 2.24. The summed E-state index contributed by atoms with van der Waals surface area (Å²) in [6, 6.07) is 0. The minimum atomic E-state index is 0.438. The molecule has 0 aromatic carbocycles. The normalized spacial score (nSPS) is 26.0. The largest absolute Gasteiger partial charge is 0.234 e. The van der Waals surface area contributed by atoms with Gasteiger partial charge in [0.2, 0.25) is 12.2 Å². The lowest BCUT2D eigenvalue weighted by Gasteiger charge is -2.25. The Morgan fingerprint density at radius 3 is 2.43 bits per heavy atom. The fourth-order valence-corrected chi connectivity index (χ4v) is 2.75. The molecule has 1 saturated heterocycles. The van der Waals surface area contributed by atoms with Crippen LogP contribution in [0.2, 0.25) is 0 Å². The van der Waals surface area contributed by atoms with Crippen molar-refractivity contribution in [3.8, 4) is 0 Å². The highest BCUT2D eigenvalue weighted by atomic mass is 32.2. The highest BCUT2D eigenvalue weighted by molar-refractivity contribution is 8.00. The molecule has 0 N–H and O–H groups in total. The van der Waals surface area contributed by atoms with E-state index in [4.69, 9.17) is 0 Å². The topological polar surface area (TPSA) is 58.9 Å². The van der Waals surface area contributed by atoms with Crippen molar-refractivity contribution >= 4 is 23.9 Å². The van der Waals surface area contributed by atoms with Gasteiger partial charge < -0.3 is 0 Å². The van der Waals surface area contributed by atoms with Crippen molar-refractivity contribution in [2.75, 3.05) is 18.8 Å². The van der Waals surface area contributed by atoms with Gasteiger partial charge in [-0.25, -0.2) is 19.6 Å². The van der Waals surface area contributed by atoms with Gasteiger partial charge in [-0.3, -0.25) is 0 Å². The average molecular weight is 212 g/mol. The summed E-state index contributed by atoms with van der Waals surface area (Å²) in [5.74, 6) is 1.47. The Morgan fingerprint density at radius 2 is 1.86 bits per heavy atom. The van der Waals surface area contributed by atoms with Gasteiger partial charge in [-0.05, 0) is 24.5 Å². The van der Waals surface area contributed by atoms with Crippen LogP contribution in [0.15, 0.2) is 9.98 Å². The number of carbonyl (C=O) groups excluding carboxylic acids is 2. The van der Waals surface area contributed by atoms with Crippen LogP contribution in [0.25, 0.3) is 0 Å². The lowest BCUT2D eigenvalue weighted by atomic mass is 10.0. The lowest BCUT2D eigenvalue weighted by Crippen LogP contribution is -2.21. The maximum absolute atomic E-state index is 9.90. The van der Waals surface area contributed by atoms with E-state index < -0.39 is 0 Å². The summed E-state index contributed by atoms with van der Waals surface area (Å²) in [6.07, 6.45) is 5.20. The summed E-state index contributed by atoms with van der Waals surface area (Å²) in [7, 11) is 0. The van der Waals surface area contributed by atoms with Crippen LogP contribution in [0.3, 0.4) is 0 Å². The van der Waals surface area contributed by atoms with Crippen molar-refractivity contribution in [2.45, 2.75) is 18.1 Å². The molecule has 1 aliphatic rings. The minimum Gasteiger partial charge on any atom is -0.211 e. The van der Waals surface area contributed by atoms with E-state index in [-0.39, 0.29) is 0 Å². The third-order valence-corrected chi connectivity index (χ3v) is 3.76. The molecular formula is C9H12N2O2S. The molecule has 1 rings (SSSR count). The van der Waals surface area contributed by atoms with Crippen LogP contribution < -0.4 is 0 Å². The van der Waals surface area contributed by atoms with E-state index in [1.54, 1.807) is 23.9 Å². The van der Waals surface area contributed by atoms with E-state index >= 15 is 0 Å². The van der Waals surface area contributed by atoms with Crippen molar-refractivity contribution in [1.82, 2.24) is 0 Å². The Kier molecular flexibility index (Phi) is 5.23. The molecule has 0 aromatic heterocycles. The van der Waals surface area contributed by atoms with Crippen LogP contribution in [0.1, 0.15) is 12.8 Å². The minimum absolute atomic E-state index is 0.438. The van der Waals surface area contributed by atoms with Crippen LogP contribution >= 0.6 is 11.8 Å². The lowest BCUT2D eigenvalue weighted by molar-refractivity contribution is 0.499. The number of thioether (sulfide) groups is 1. The van der Waals surface area contributed by atoms with Gasteiger partial charge in [-0.2, -0.15) is 11.8 Å². The second kappa shape index (κ2) is 6.55. The van der Waals surface area contributed by atoms with Crippen molar-refractivity contribution in [1.29, 1.82) is 0 Å². The second-order valence-corrected chi connectivity index (χ2v) is 4.60. The van der Waals surface area contributed by atoms with E-state index in [0.29, 0.717) is 24.3 Å². The number of hydrogen-bond acceptors (Lipinski definition) is 5. The summed E-state index contributed by atoms with van der Waals surface area (Å²) >= 11 is 1.80. The second-order valence-electron chi connectivity index (χ2n) is 3.26. The summed E-state index contributed by atoms with van der Waals surface area (Å²) in [5, 5.41) is 0.438. The smallest absolute Gasteiger partial charge is 0.211 e. The molecule has 0 aliphatic carbocycles. The first-order valence-corrected chi connectivity index (χ1v) is 5.60. The van der Waals surface area contributed by atoms with E-state index in [0.717, 1.165) is 18.6 Å². The predicted molar refractivity (Wildman–Crippen MR) is 54.9 cm³/mol.